The minimum atomic E-state index is -0.327. The van der Waals surface area contributed by atoms with Crippen LogP contribution in [0.4, 0.5) is 4.39 Å². The molecule has 18 heavy (non-hydrogen) atoms. The van der Waals surface area contributed by atoms with Gasteiger partial charge in [-0.15, -0.1) is 0 Å². The Morgan fingerprint density at radius 1 is 1.28 bits per heavy atom. The Hall–Kier alpha value is -1.26. The second-order valence-electron chi connectivity index (χ2n) is 4.19. The maximum atomic E-state index is 12.7. The first kappa shape index (κ1) is 14.8. The van der Waals surface area contributed by atoms with Gasteiger partial charge in [0.2, 0.25) is 0 Å². The van der Waals surface area contributed by atoms with Crippen molar-refractivity contribution in [3.63, 3.8) is 0 Å². The molecule has 0 fully saturated rings. The monoisotopic (exact) mass is 253 g/mol. The van der Waals surface area contributed by atoms with Gasteiger partial charge in [-0.2, -0.15) is 0 Å². The third-order valence-corrected chi connectivity index (χ3v) is 2.91. The second kappa shape index (κ2) is 7.95. The molecule has 0 bridgehead atoms. The SMILES string of the molecule is CCN(CCO)CCCC(=O)c1ccc(F)cc1. The third kappa shape index (κ3) is 4.94. The van der Waals surface area contributed by atoms with Crippen LogP contribution in [0.5, 0.6) is 0 Å². The fourth-order valence-corrected chi connectivity index (χ4v) is 1.81. The molecule has 100 valence electrons. The van der Waals surface area contributed by atoms with Gasteiger partial charge in [0, 0.05) is 18.5 Å². The third-order valence-electron chi connectivity index (χ3n) is 2.91. The molecule has 0 saturated heterocycles. The molecule has 0 saturated carbocycles. The lowest BCUT2D eigenvalue weighted by Gasteiger charge is -2.18. The molecule has 0 aliphatic carbocycles. The van der Waals surface area contributed by atoms with Crippen LogP contribution >= 0.6 is 0 Å². The van der Waals surface area contributed by atoms with Crippen LogP contribution < -0.4 is 0 Å². The summed E-state index contributed by atoms with van der Waals surface area (Å²) in [6, 6.07) is 5.64. The van der Waals surface area contributed by atoms with E-state index in [0.717, 1.165) is 19.5 Å². The van der Waals surface area contributed by atoms with Crippen LogP contribution in [0.15, 0.2) is 24.3 Å². The number of carbonyl (C=O) groups is 1. The average Bonchev–Trinajstić information content (AvgIpc) is 2.38. The Bertz CT molecular complexity index is 365. The maximum Gasteiger partial charge on any atom is 0.162 e. The Labute approximate surface area is 107 Å². The first-order chi connectivity index (χ1) is 8.67. The molecule has 0 amide bonds. The highest BCUT2D eigenvalue weighted by Crippen LogP contribution is 2.07. The average molecular weight is 253 g/mol. The molecule has 0 aliphatic rings. The molecule has 4 heteroatoms. The zero-order valence-electron chi connectivity index (χ0n) is 10.7. The van der Waals surface area contributed by atoms with Crippen LogP contribution in [-0.4, -0.2) is 42.0 Å². The van der Waals surface area contributed by atoms with E-state index in [1.807, 2.05) is 6.92 Å². The molecule has 1 aromatic carbocycles. The number of aliphatic hydroxyl groups excluding tert-OH is 1. The lowest BCUT2D eigenvalue weighted by molar-refractivity contribution is 0.0973. The van der Waals surface area contributed by atoms with Gasteiger partial charge in [-0.25, -0.2) is 4.39 Å². The first-order valence-electron chi connectivity index (χ1n) is 6.29. The fraction of sp³-hybridized carbons (Fsp3) is 0.500. The zero-order chi connectivity index (χ0) is 13.4. The molecule has 1 rings (SSSR count). The highest BCUT2D eigenvalue weighted by molar-refractivity contribution is 5.95. The lowest BCUT2D eigenvalue weighted by Crippen LogP contribution is -2.28. The fourth-order valence-electron chi connectivity index (χ4n) is 1.81. The number of hydrogen-bond acceptors (Lipinski definition) is 3. The van der Waals surface area contributed by atoms with Gasteiger partial charge in [-0.1, -0.05) is 6.92 Å². The number of halogens is 1. The van der Waals surface area contributed by atoms with Gasteiger partial charge in [0.15, 0.2) is 5.78 Å². The molecular weight excluding hydrogens is 233 g/mol. The summed E-state index contributed by atoms with van der Waals surface area (Å²) in [7, 11) is 0. The number of nitrogens with zero attached hydrogens (tertiary/aromatic N) is 1. The zero-order valence-corrected chi connectivity index (χ0v) is 10.7. The van der Waals surface area contributed by atoms with Gasteiger partial charge in [-0.3, -0.25) is 4.79 Å². The van der Waals surface area contributed by atoms with E-state index in [2.05, 4.69) is 4.90 Å². The highest BCUT2D eigenvalue weighted by Gasteiger charge is 2.07. The molecule has 0 spiro atoms. The number of ketones is 1. The Kier molecular flexibility index (Phi) is 6.54. The van der Waals surface area contributed by atoms with Crippen molar-refractivity contribution >= 4 is 5.78 Å². The second-order valence-corrected chi connectivity index (χ2v) is 4.19. The Balaban J connectivity index is 2.35. The summed E-state index contributed by atoms with van der Waals surface area (Å²) >= 11 is 0. The maximum absolute atomic E-state index is 12.7. The summed E-state index contributed by atoms with van der Waals surface area (Å²) in [4.78, 5) is 13.9. The lowest BCUT2D eigenvalue weighted by atomic mass is 10.1. The topological polar surface area (TPSA) is 40.5 Å². The molecule has 3 nitrogen and oxygen atoms in total. The van der Waals surface area contributed by atoms with E-state index < -0.39 is 0 Å². The minimum Gasteiger partial charge on any atom is -0.395 e. The molecule has 0 aromatic heterocycles. The van der Waals surface area contributed by atoms with E-state index in [-0.39, 0.29) is 18.2 Å². The quantitative estimate of drug-likeness (QED) is 0.721. The molecule has 1 N–H and O–H groups in total. The van der Waals surface area contributed by atoms with E-state index in [0.29, 0.717) is 18.5 Å². The van der Waals surface area contributed by atoms with Crippen LogP contribution in [0, 0.1) is 5.82 Å². The largest absolute Gasteiger partial charge is 0.395 e. The van der Waals surface area contributed by atoms with Gasteiger partial charge in [0.05, 0.1) is 6.61 Å². The van der Waals surface area contributed by atoms with Crippen LogP contribution in [-0.2, 0) is 0 Å². The highest BCUT2D eigenvalue weighted by atomic mass is 19.1. The van der Waals surface area contributed by atoms with Crippen LogP contribution in [0.25, 0.3) is 0 Å². The summed E-state index contributed by atoms with van der Waals surface area (Å²) in [5.41, 5.74) is 0.557. The van der Waals surface area contributed by atoms with Crippen molar-refractivity contribution in [2.45, 2.75) is 19.8 Å². The van der Waals surface area contributed by atoms with Crippen molar-refractivity contribution in [3.05, 3.63) is 35.6 Å². The smallest absolute Gasteiger partial charge is 0.162 e. The summed E-state index contributed by atoms with van der Waals surface area (Å²) in [5.74, 6) is -0.290. The van der Waals surface area contributed by atoms with Gasteiger partial charge >= 0.3 is 0 Å². The van der Waals surface area contributed by atoms with Crippen LogP contribution in [0.3, 0.4) is 0 Å². The Morgan fingerprint density at radius 3 is 2.50 bits per heavy atom. The van der Waals surface area contributed by atoms with E-state index in [4.69, 9.17) is 5.11 Å². The van der Waals surface area contributed by atoms with Crippen molar-refractivity contribution in [2.24, 2.45) is 0 Å². The van der Waals surface area contributed by atoms with Gasteiger partial charge in [0.25, 0.3) is 0 Å². The number of Topliss-reactive ketones (excluding diaryl/α,β-unsaturated/α-hetero) is 1. The molecule has 0 radical (unpaired) electrons. The van der Waals surface area contributed by atoms with Gasteiger partial charge in [-0.05, 0) is 43.8 Å². The number of carbonyl (C=O) groups excluding carboxylic acids is 1. The Morgan fingerprint density at radius 2 is 1.94 bits per heavy atom. The standard InChI is InChI=1S/C14H20FNO2/c1-2-16(10-11-17)9-3-4-14(18)12-5-7-13(15)8-6-12/h5-8,17H,2-4,9-11H2,1H3. The van der Waals surface area contributed by atoms with Crippen molar-refractivity contribution in [2.75, 3.05) is 26.2 Å². The predicted molar refractivity (Wildman–Crippen MR) is 69.2 cm³/mol. The summed E-state index contributed by atoms with van der Waals surface area (Å²) in [5, 5.41) is 8.84. The normalized spacial score (nSPS) is 10.9. The minimum absolute atomic E-state index is 0.0371. The van der Waals surface area contributed by atoms with E-state index >= 15 is 0 Å². The van der Waals surface area contributed by atoms with Crippen molar-refractivity contribution in [1.82, 2.24) is 4.90 Å². The molecular formula is C14H20FNO2. The van der Waals surface area contributed by atoms with Crippen molar-refractivity contribution < 1.29 is 14.3 Å². The van der Waals surface area contributed by atoms with Gasteiger partial charge in [0.1, 0.15) is 5.82 Å². The van der Waals surface area contributed by atoms with Gasteiger partial charge < -0.3 is 10.0 Å². The van der Waals surface area contributed by atoms with Crippen molar-refractivity contribution in [1.29, 1.82) is 0 Å². The summed E-state index contributed by atoms with van der Waals surface area (Å²) in [6.45, 7) is 4.47. The number of hydrogen-bond donors (Lipinski definition) is 1. The molecule has 0 atom stereocenters. The van der Waals surface area contributed by atoms with Crippen molar-refractivity contribution in [3.8, 4) is 0 Å². The summed E-state index contributed by atoms with van der Waals surface area (Å²) in [6.07, 6.45) is 1.21. The van der Waals surface area contributed by atoms with E-state index in [1.54, 1.807) is 0 Å². The molecule has 0 heterocycles. The molecule has 0 aliphatic heterocycles. The molecule has 1 aromatic rings. The molecule has 0 unspecified atom stereocenters. The predicted octanol–water partition coefficient (Wildman–Crippen LogP) is 2.10. The number of likely N-dealkylation sites (N-methyl/N-ethyl adjacent to an activating group) is 1. The summed E-state index contributed by atoms with van der Waals surface area (Å²) < 4.78 is 12.7. The van der Waals surface area contributed by atoms with E-state index in [1.165, 1.54) is 24.3 Å². The van der Waals surface area contributed by atoms with Crippen LogP contribution in [0.2, 0.25) is 0 Å². The first-order valence-corrected chi connectivity index (χ1v) is 6.29. The number of rotatable bonds is 8. The van der Waals surface area contributed by atoms with E-state index in [9.17, 15) is 9.18 Å². The van der Waals surface area contributed by atoms with Crippen LogP contribution in [0.1, 0.15) is 30.1 Å². The number of benzene rings is 1. The number of aliphatic hydroxyl groups is 1.